The highest BCUT2D eigenvalue weighted by Gasteiger charge is 2.44. The van der Waals surface area contributed by atoms with Gasteiger partial charge >= 0.3 is 0 Å². The van der Waals surface area contributed by atoms with E-state index in [2.05, 4.69) is 24.1 Å². The van der Waals surface area contributed by atoms with E-state index in [9.17, 15) is 4.79 Å². The molecule has 1 N–H and O–H groups in total. The number of carbonyl (C=O) groups is 1. The van der Waals surface area contributed by atoms with Gasteiger partial charge in [-0.25, -0.2) is 0 Å². The van der Waals surface area contributed by atoms with Crippen LogP contribution in [-0.2, 0) is 4.79 Å². The minimum absolute atomic E-state index is 0.224. The lowest BCUT2D eigenvalue weighted by Gasteiger charge is -2.34. The third kappa shape index (κ3) is 1.86. The van der Waals surface area contributed by atoms with Crippen molar-refractivity contribution in [3.05, 3.63) is 0 Å². The molecule has 2 heterocycles. The second-order valence-electron chi connectivity index (χ2n) is 5.17. The van der Waals surface area contributed by atoms with Crippen molar-refractivity contribution in [2.75, 3.05) is 13.1 Å². The first-order valence-electron chi connectivity index (χ1n) is 6.79. The Morgan fingerprint density at radius 3 is 2.81 bits per heavy atom. The van der Waals surface area contributed by atoms with Crippen molar-refractivity contribution in [2.45, 2.75) is 64.0 Å². The summed E-state index contributed by atoms with van der Waals surface area (Å²) in [6.07, 6.45) is 6.58. The summed E-state index contributed by atoms with van der Waals surface area (Å²) in [5.41, 5.74) is -0.224. The molecule has 2 saturated heterocycles. The molecule has 0 spiro atoms. The summed E-state index contributed by atoms with van der Waals surface area (Å²) in [4.78, 5) is 14.8. The molecule has 2 aliphatic rings. The van der Waals surface area contributed by atoms with E-state index in [1.54, 1.807) is 0 Å². The van der Waals surface area contributed by atoms with Crippen LogP contribution in [0.3, 0.4) is 0 Å². The molecule has 1 amide bonds. The Morgan fingerprint density at radius 2 is 2.25 bits per heavy atom. The molecule has 16 heavy (non-hydrogen) atoms. The van der Waals surface area contributed by atoms with Gasteiger partial charge in [-0.2, -0.15) is 0 Å². The molecule has 0 aromatic rings. The zero-order valence-corrected chi connectivity index (χ0v) is 10.6. The van der Waals surface area contributed by atoms with Gasteiger partial charge in [0.05, 0.1) is 5.54 Å². The van der Waals surface area contributed by atoms with Crippen LogP contribution in [0.25, 0.3) is 0 Å². The van der Waals surface area contributed by atoms with Gasteiger partial charge in [-0.1, -0.05) is 13.8 Å². The summed E-state index contributed by atoms with van der Waals surface area (Å²) < 4.78 is 0. The Kier molecular flexibility index (Phi) is 3.53. The van der Waals surface area contributed by atoms with E-state index in [1.165, 1.54) is 12.8 Å². The maximum atomic E-state index is 12.6. The molecule has 3 nitrogen and oxygen atoms in total. The number of nitrogens with one attached hydrogen (secondary N) is 1. The Balaban J connectivity index is 2.10. The standard InChI is InChI=1S/C13H24N2O/c1-3-11-7-5-10-15(11)12(16)13(4-2)8-6-9-14-13/h11,14H,3-10H2,1-2H3. The first-order valence-corrected chi connectivity index (χ1v) is 6.79. The van der Waals surface area contributed by atoms with Gasteiger partial charge < -0.3 is 10.2 Å². The quantitative estimate of drug-likeness (QED) is 0.794. The summed E-state index contributed by atoms with van der Waals surface area (Å²) in [7, 11) is 0. The van der Waals surface area contributed by atoms with Crippen molar-refractivity contribution in [1.82, 2.24) is 10.2 Å². The number of carbonyl (C=O) groups excluding carboxylic acids is 1. The Bertz CT molecular complexity index is 259. The van der Waals surface area contributed by atoms with Crippen molar-refractivity contribution in [1.29, 1.82) is 0 Å². The van der Waals surface area contributed by atoms with E-state index in [0.29, 0.717) is 11.9 Å². The molecular weight excluding hydrogens is 200 g/mol. The zero-order chi connectivity index (χ0) is 11.6. The van der Waals surface area contributed by atoms with Gasteiger partial charge in [-0.05, 0) is 45.1 Å². The molecule has 2 unspecified atom stereocenters. The smallest absolute Gasteiger partial charge is 0.243 e. The summed E-state index contributed by atoms with van der Waals surface area (Å²) in [5, 5.41) is 3.45. The fraction of sp³-hybridized carbons (Fsp3) is 0.923. The number of likely N-dealkylation sites (tertiary alicyclic amines) is 1. The van der Waals surface area contributed by atoms with Gasteiger partial charge in [0.15, 0.2) is 0 Å². The monoisotopic (exact) mass is 224 g/mol. The minimum Gasteiger partial charge on any atom is -0.338 e. The van der Waals surface area contributed by atoms with Crippen LogP contribution in [0.15, 0.2) is 0 Å². The number of amides is 1. The minimum atomic E-state index is -0.224. The average molecular weight is 224 g/mol. The third-order valence-corrected chi connectivity index (χ3v) is 4.37. The predicted molar refractivity (Wildman–Crippen MR) is 65.3 cm³/mol. The van der Waals surface area contributed by atoms with Gasteiger partial charge in [0.1, 0.15) is 0 Å². The summed E-state index contributed by atoms with van der Waals surface area (Å²) in [6, 6.07) is 0.498. The van der Waals surface area contributed by atoms with E-state index in [4.69, 9.17) is 0 Å². The van der Waals surface area contributed by atoms with Crippen LogP contribution in [-0.4, -0.2) is 35.5 Å². The summed E-state index contributed by atoms with van der Waals surface area (Å²) in [6.45, 7) is 6.30. The molecule has 92 valence electrons. The molecule has 2 aliphatic heterocycles. The predicted octanol–water partition coefficient (Wildman–Crippen LogP) is 1.92. The topological polar surface area (TPSA) is 32.3 Å². The molecule has 0 bridgehead atoms. The molecular formula is C13H24N2O. The number of rotatable bonds is 3. The number of hydrogen-bond donors (Lipinski definition) is 1. The third-order valence-electron chi connectivity index (χ3n) is 4.37. The SMILES string of the molecule is CCC1CCCN1C(=O)C1(CC)CCCN1. The van der Waals surface area contributed by atoms with Gasteiger partial charge in [0, 0.05) is 12.6 Å². The van der Waals surface area contributed by atoms with Crippen LogP contribution >= 0.6 is 0 Å². The fourth-order valence-electron chi connectivity index (χ4n) is 3.24. The van der Waals surface area contributed by atoms with Crippen molar-refractivity contribution in [3.8, 4) is 0 Å². The van der Waals surface area contributed by atoms with E-state index in [1.807, 2.05) is 0 Å². The normalized spacial score (nSPS) is 34.6. The van der Waals surface area contributed by atoms with Crippen molar-refractivity contribution >= 4 is 5.91 Å². The van der Waals surface area contributed by atoms with Crippen LogP contribution in [0.5, 0.6) is 0 Å². The Morgan fingerprint density at radius 1 is 1.44 bits per heavy atom. The fourth-order valence-corrected chi connectivity index (χ4v) is 3.24. The second kappa shape index (κ2) is 4.74. The van der Waals surface area contributed by atoms with Crippen LogP contribution in [0, 0.1) is 0 Å². The van der Waals surface area contributed by atoms with E-state index in [0.717, 1.165) is 38.8 Å². The van der Waals surface area contributed by atoms with Crippen molar-refractivity contribution in [2.24, 2.45) is 0 Å². The molecule has 3 heteroatoms. The van der Waals surface area contributed by atoms with Gasteiger partial charge in [0.25, 0.3) is 0 Å². The lowest BCUT2D eigenvalue weighted by atomic mass is 9.92. The maximum Gasteiger partial charge on any atom is 0.243 e. The largest absolute Gasteiger partial charge is 0.338 e. The highest BCUT2D eigenvalue weighted by atomic mass is 16.2. The molecule has 2 atom stereocenters. The van der Waals surface area contributed by atoms with E-state index >= 15 is 0 Å². The first kappa shape index (κ1) is 11.9. The second-order valence-corrected chi connectivity index (χ2v) is 5.17. The van der Waals surface area contributed by atoms with Gasteiger partial charge in [-0.3, -0.25) is 4.79 Å². The number of nitrogens with zero attached hydrogens (tertiary/aromatic N) is 1. The molecule has 0 aromatic carbocycles. The Hall–Kier alpha value is -0.570. The molecule has 0 saturated carbocycles. The summed E-state index contributed by atoms with van der Waals surface area (Å²) in [5.74, 6) is 0.372. The first-order chi connectivity index (χ1) is 7.73. The van der Waals surface area contributed by atoms with E-state index < -0.39 is 0 Å². The van der Waals surface area contributed by atoms with Crippen molar-refractivity contribution in [3.63, 3.8) is 0 Å². The molecule has 0 radical (unpaired) electrons. The van der Waals surface area contributed by atoms with Crippen LogP contribution in [0.2, 0.25) is 0 Å². The lowest BCUT2D eigenvalue weighted by molar-refractivity contribution is -0.139. The average Bonchev–Trinajstić information content (AvgIpc) is 2.97. The summed E-state index contributed by atoms with van der Waals surface area (Å²) >= 11 is 0. The van der Waals surface area contributed by atoms with Crippen LogP contribution in [0.4, 0.5) is 0 Å². The van der Waals surface area contributed by atoms with Crippen LogP contribution < -0.4 is 5.32 Å². The van der Waals surface area contributed by atoms with Gasteiger partial charge in [0.2, 0.25) is 5.91 Å². The highest BCUT2D eigenvalue weighted by molar-refractivity contribution is 5.87. The molecule has 0 aliphatic carbocycles. The van der Waals surface area contributed by atoms with Gasteiger partial charge in [-0.15, -0.1) is 0 Å². The lowest BCUT2D eigenvalue weighted by Crippen LogP contribution is -2.55. The molecule has 2 fully saturated rings. The molecule has 2 rings (SSSR count). The highest BCUT2D eigenvalue weighted by Crippen LogP contribution is 2.30. The van der Waals surface area contributed by atoms with E-state index in [-0.39, 0.29) is 5.54 Å². The number of hydrogen-bond acceptors (Lipinski definition) is 2. The van der Waals surface area contributed by atoms with Crippen molar-refractivity contribution < 1.29 is 4.79 Å². The van der Waals surface area contributed by atoms with Crippen LogP contribution in [0.1, 0.15) is 52.4 Å². The molecule has 0 aromatic heterocycles. The maximum absolute atomic E-state index is 12.6. The Labute approximate surface area is 98.6 Å². The zero-order valence-electron chi connectivity index (χ0n) is 10.6.